The largest absolute Gasteiger partial charge is 0.481 e. The number of carbonyl (C=O) groups excluding carboxylic acids is 1. The fourth-order valence-electron chi connectivity index (χ4n) is 7.03. The molecule has 2 atom stereocenters. The molecule has 56 heavy (non-hydrogen) atoms. The maximum Gasteiger partial charge on any atom is 0.343 e. The molecule has 1 aliphatic heterocycles. The van der Waals surface area contributed by atoms with Crippen molar-refractivity contribution < 1.29 is 42.2 Å². The predicted octanol–water partition coefficient (Wildman–Crippen LogP) is 8.25. The molecule has 1 aliphatic carbocycles. The lowest BCUT2D eigenvalue weighted by atomic mass is 9.81. The maximum absolute atomic E-state index is 13.9. The van der Waals surface area contributed by atoms with Crippen LogP contribution >= 0.6 is 0 Å². The van der Waals surface area contributed by atoms with E-state index in [0.29, 0.717) is 29.3 Å². The molecule has 0 saturated heterocycles. The quantitative estimate of drug-likeness (QED) is 0.0974. The minimum absolute atomic E-state index is 0.0298. The van der Waals surface area contributed by atoms with Gasteiger partial charge in [-0.05, 0) is 68.5 Å². The van der Waals surface area contributed by atoms with Gasteiger partial charge in [0.15, 0.2) is 5.69 Å². The molecule has 296 valence electrons. The van der Waals surface area contributed by atoms with Crippen LogP contribution in [0, 0.1) is 29.2 Å². The summed E-state index contributed by atoms with van der Waals surface area (Å²) in [7, 11) is 3.14. The number of hydrogen-bond donors (Lipinski definition) is 3. The lowest BCUT2D eigenvalue weighted by Gasteiger charge is -2.32. The van der Waals surface area contributed by atoms with Crippen molar-refractivity contribution >= 4 is 34.9 Å². The van der Waals surface area contributed by atoms with Gasteiger partial charge in [0.05, 0.1) is 23.8 Å². The number of aryl methyl sites for hydroxylation is 1. The number of carboxylic acids is 2. The van der Waals surface area contributed by atoms with Gasteiger partial charge in [-0.3, -0.25) is 9.59 Å². The summed E-state index contributed by atoms with van der Waals surface area (Å²) >= 11 is 0. The number of quaternary nitrogens is 1. The Hall–Kier alpha value is -5.83. The van der Waals surface area contributed by atoms with Gasteiger partial charge in [0.2, 0.25) is 0 Å². The van der Waals surface area contributed by atoms with Gasteiger partial charge < -0.3 is 20.4 Å². The van der Waals surface area contributed by atoms with Gasteiger partial charge in [0, 0.05) is 60.9 Å². The molecule has 3 aromatic carbocycles. The smallest absolute Gasteiger partial charge is 0.343 e. The molecule has 1 saturated carbocycles. The summed E-state index contributed by atoms with van der Waals surface area (Å²) in [6.07, 6.45) is 9.38. The standard InChI is InChI=1S/C29H34F2N4O3.C12H10F2N2O2/c1-3-26-25(18-35(33-26)24-16-21(30)15-22(31)17-24)28(19-7-5-4-6-8-19)32-23-11-9-20(10-12-23)29(38)34(2)14-13-27(36)37;1-7-11(12(17)18)6-16(2,15-7)10-4-8(13)3-9(14)5-10/h9-12,15-19,28,32H,3-8,13-14H2,1-2H3,(H,36,37);3-6H,1-2H3/p+1. The van der Waals surface area contributed by atoms with E-state index in [1.165, 1.54) is 29.7 Å². The van der Waals surface area contributed by atoms with Crippen LogP contribution in [0.5, 0.6) is 0 Å². The third-order valence-electron chi connectivity index (χ3n) is 9.92. The summed E-state index contributed by atoms with van der Waals surface area (Å²) in [6, 6.07) is 13.5. The van der Waals surface area contributed by atoms with Crippen LogP contribution in [0.1, 0.15) is 80.0 Å². The molecule has 0 bridgehead atoms. The maximum atomic E-state index is 13.9. The number of aromatic nitrogens is 2. The van der Waals surface area contributed by atoms with Crippen LogP contribution in [0.3, 0.4) is 0 Å². The Labute approximate surface area is 322 Å². The third kappa shape index (κ3) is 10.1. The van der Waals surface area contributed by atoms with E-state index in [4.69, 9.17) is 10.2 Å². The lowest BCUT2D eigenvalue weighted by Crippen LogP contribution is -2.31. The Balaban J connectivity index is 0.000000278. The highest BCUT2D eigenvalue weighted by Crippen LogP contribution is 2.38. The zero-order chi connectivity index (χ0) is 40.7. The molecule has 4 aromatic rings. The van der Waals surface area contributed by atoms with E-state index < -0.39 is 35.2 Å². The number of aliphatic carboxylic acids is 2. The minimum Gasteiger partial charge on any atom is -0.481 e. The van der Waals surface area contributed by atoms with E-state index in [1.807, 2.05) is 25.3 Å². The molecule has 3 N–H and O–H groups in total. The molecule has 2 heterocycles. The molecule has 0 spiro atoms. The van der Waals surface area contributed by atoms with E-state index in [1.54, 1.807) is 37.8 Å². The molecule has 2 unspecified atom stereocenters. The number of rotatable bonds is 12. The second-order valence-electron chi connectivity index (χ2n) is 14.1. The van der Waals surface area contributed by atoms with Crippen LogP contribution in [0.25, 0.3) is 5.69 Å². The monoisotopic (exact) mass is 777 g/mol. The zero-order valence-electron chi connectivity index (χ0n) is 31.6. The predicted molar refractivity (Wildman–Crippen MR) is 204 cm³/mol. The fraction of sp³-hybridized carbons (Fsp3) is 0.341. The van der Waals surface area contributed by atoms with Crippen molar-refractivity contribution in [2.24, 2.45) is 11.0 Å². The highest BCUT2D eigenvalue weighted by Gasteiger charge is 2.35. The Morgan fingerprint density at radius 2 is 1.52 bits per heavy atom. The third-order valence-corrected chi connectivity index (χ3v) is 9.92. The molecule has 1 aromatic heterocycles. The molecule has 6 rings (SSSR count). The average molecular weight is 778 g/mol. The molecule has 15 heteroatoms. The van der Waals surface area contributed by atoms with Crippen molar-refractivity contribution in [1.29, 1.82) is 0 Å². The van der Waals surface area contributed by atoms with E-state index in [0.717, 1.165) is 66.9 Å². The summed E-state index contributed by atoms with van der Waals surface area (Å²) in [6.45, 7) is 3.69. The van der Waals surface area contributed by atoms with Crippen LogP contribution < -0.4 is 9.91 Å². The highest BCUT2D eigenvalue weighted by molar-refractivity contribution is 6.19. The average Bonchev–Trinajstić information content (AvgIpc) is 3.73. The summed E-state index contributed by atoms with van der Waals surface area (Å²) in [4.78, 5) is 35.9. The first-order valence-corrected chi connectivity index (χ1v) is 18.3. The molecule has 0 radical (unpaired) electrons. The molecular formula is C41H45F4N6O5+. The summed E-state index contributed by atoms with van der Waals surface area (Å²) in [5, 5.41) is 30.3. The second kappa shape index (κ2) is 17.8. The number of nitrogens with zero attached hydrogens (tertiary/aromatic N) is 5. The number of nitrogens with one attached hydrogen (secondary N) is 1. The molecule has 11 nitrogen and oxygen atoms in total. The van der Waals surface area contributed by atoms with Crippen LogP contribution in [0.4, 0.5) is 28.9 Å². The highest BCUT2D eigenvalue weighted by atomic mass is 19.1. The molecule has 2 aliphatic rings. The van der Waals surface area contributed by atoms with E-state index >= 15 is 0 Å². The molecule has 1 fully saturated rings. The summed E-state index contributed by atoms with van der Waals surface area (Å²) in [5.74, 6) is -4.70. The number of carboxylic acid groups (broad SMARTS) is 2. The number of carbonyl (C=O) groups is 3. The number of anilines is 1. The van der Waals surface area contributed by atoms with Crippen molar-refractivity contribution in [2.75, 3.05) is 26.0 Å². The zero-order valence-corrected chi connectivity index (χ0v) is 31.6. The van der Waals surface area contributed by atoms with Crippen LogP contribution in [-0.4, -0.2) is 69.1 Å². The summed E-state index contributed by atoms with van der Waals surface area (Å²) in [5.41, 5.74) is 4.09. The number of benzene rings is 3. The van der Waals surface area contributed by atoms with E-state index in [-0.39, 0.29) is 40.8 Å². The van der Waals surface area contributed by atoms with E-state index in [2.05, 4.69) is 15.5 Å². The Morgan fingerprint density at radius 1 is 0.929 bits per heavy atom. The Bertz CT molecular complexity index is 2110. The molecular weight excluding hydrogens is 732 g/mol. The number of hydrogen-bond acceptors (Lipinski definition) is 6. The van der Waals surface area contributed by atoms with Crippen molar-refractivity contribution in [1.82, 2.24) is 19.3 Å². The van der Waals surface area contributed by atoms with E-state index in [9.17, 15) is 31.9 Å². The van der Waals surface area contributed by atoms with Gasteiger partial charge >= 0.3 is 11.9 Å². The van der Waals surface area contributed by atoms with Crippen molar-refractivity contribution in [3.05, 3.63) is 119 Å². The minimum atomic E-state index is -1.12. The van der Waals surface area contributed by atoms with Crippen LogP contribution in [-0.2, 0) is 16.0 Å². The SMILES string of the molecule is CC1=N[N+](C)(c2cc(F)cc(F)c2)C=C1C(=O)O.CCc1nn(-c2cc(F)cc(F)c2)cc1C(Nc1ccc(C(=O)N(C)CCC(=O)O)cc1)C1CCCCC1. The first kappa shape index (κ1) is 41.3. The number of halogens is 4. The normalized spacial score (nSPS) is 17.3. The van der Waals surface area contributed by atoms with Crippen LogP contribution in [0.15, 0.2) is 83.7 Å². The Kier molecular flexibility index (Phi) is 13.1. The lowest BCUT2D eigenvalue weighted by molar-refractivity contribution is -0.137. The number of amides is 1. The van der Waals surface area contributed by atoms with Gasteiger partial charge in [0.1, 0.15) is 47.8 Å². The summed E-state index contributed by atoms with van der Waals surface area (Å²) < 4.78 is 55.4. The first-order valence-electron chi connectivity index (χ1n) is 18.3. The first-order chi connectivity index (χ1) is 26.6. The van der Waals surface area contributed by atoms with Crippen molar-refractivity contribution in [3.63, 3.8) is 0 Å². The van der Waals surface area contributed by atoms with Gasteiger partial charge in [-0.1, -0.05) is 31.3 Å². The second-order valence-corrected chi connectivity index (χ2v) is 14.1. The van der Waals surface area contributed by atoms with Crippen molar-refractivity contribution in [2.45, 2.75) is 64.8 Å². The van der Waals surface area contributed by atoms with Gasteiger partial charge in [-0.25, -0.2) is 27.0 Å². The van der Waals surface area contributed by atoms with Crippen molar-refractivity contribution in [3.8, 4) is 5.69 Å². The van der Waals surface area contributed by atoms with Gasteiger partial charge in [-0.2, -0.15) is 5.10 Å². The van der Waals surface area contributed by atoms with Crippen LogP contribution in [0.2, 0.25) is 0 Å². The topological polar surface area (TPSA) is 137 Å². The fourth-order valence-corrected chi connectivity index (χ4v) is 7.03. The Morgan fingerprint density at radius 3 is 2.05 bits per heavy atom. The molecule has 1 amide bonds. The van der Waals surface area contributed by atoms with Gasteiger partial charge in [0.25, 0.3) is 5.91 Å². The van der Waals surface area contributed by atoms with Gasteiger partial charge in [-0.15, -0.1) is 4.59 Å².